The zero-order valence-corrected chi connectivity index (χ0v) is 17.1. The molecule has 0 bridgehead atoms. The van der Waals surface area contributed by atoms with Crippen molar-refractivity contribution in [1.29, 1.82) is 0 Å². The molecule has 2 aromatic rings. The third kappa shape index (κ3) is 3.99. The van der Waals surface area contributed by atoms with Crippen LogP contribution in [0.15, 0.2) is 46.0 Å². The van der Waals surface area contributed by atoms with Crippen molar-refractivity contribution in [3.05, 3.63) is 52.5 Å². The SMILES string of the molecule is O=C(C1CCN(S(=O)(=O)c2ccccc2F)CC1)N(Cc1ccsc1)C1CC1. The molecule has 0 N–H and O–H groups in total. The Kier molecular flexibility index (Phi) is 5.53. The molecule has 1 saturated heterocycles. The van der Waals surface area contributed by atoms with Crippen molar-refractivity contribution in [2.45, 2.75) is 43.2 Å². The van der Waals surface area contributed by atoms with Crippen LogP contribution in [0.1, 0.15) is 31.2 Å². The minimum Gasteiger partial charge on any atom is -0.335 e. The molecule has 1 amide bonds. The van der Waals surface area contributed by atoms with Gasteiger partial charge in [0.25, 0.3) is 0 Å². The van der Waals surface area contributed by atoms with Crippen LogP contribution in [-0.4, -0.2) is 42.7 Å². The number of amides is 1. The fraction of sp³-hybridized carbons (Fsp3) is 0.450. The fourth-order valence-corrected chi connectivity index (χ4v) is 5.92. The predicted octanol–water partition coefficient (Wildman–Crippen LogP) is 3.48. The van der Waals surface area contributed by atoms with Gasteiger partial charge in [0.15, 0.2) is 0 Å². The Bertz CT molecular complexity index is 934. The smallest absolute Gasteiger partial charge is 0.245 e. The molecular weight excluding hydrogens is 399 g/mol. The van der Waals surface area contributed by atoms with E-state index in [4.69, 9.17) is 0 Å². The van der Waals surface area contributed by atoms with E-state index in [2.05, 4.69) is 5.38 Å². The Balaban J connectivity index is 1.42. The first kappa shape index (κ1) is 19.5. The summed E-state index contributed by atoms with van der Waals surface area (Å²) in [5, 5.41) is 4.07. The molecule has 5 nitrogen and oxygen atoms in total. The predicted molar refractivity (Wildman–Crippen MR) is 106 cm³/mol. The second kappa shape index (κ2) is 7.93. The molecule has 2 aliphatic rings. The van der Waals surface area contributed by atoms with E-state index < -0.39 is 15.8 Å². The monoisotopic (exact) mass is 422 g/mol. The molecule has 2 fully saturated rings. The Morgan fingerprint density at radius 3 is 2.46 bits per heavy atom. The van der Waals surface area contributed by atoms with E-state index in [-0.39, 0.29) is 29.8 Å². The summed E-state index contributed by atoms with van der Waals surface area (Å²) in [6, 6.07) is 7.78. The van der Waals surface area contributed by atoms with Crippen molar-refractivity contribution in [2.75, 3.05) is 13.1 Å². The molecule has 0 atom stereocenters. The number of rotatable bonds is 6. The Hall–Kier alpha value is -1.77. The summed E-state index contributed by atoms with van der Waals surface area (Å²) >= 11 is 1.62. The summed E-state index contributed by atoms with van der Waals surface area (Å²) in [6.07, 6.45) is 3.02. The molecule has 0 spiro atoms. The number of sulfonamides is 1. The van der Waals surface area contributed by atoms with E-state index in [9.17, 15) is 17.6 Å². The molecule has 1 aliphatic carbocycles. The lowest BCUT2D eigenvalue weighted by Crippen LogP contribution is -2.45. The van der Waals surface area contributed by atoms with Crippen molar-refractivity contribution in [1.82, 2.24) is 9.21 Å². The van der Waals surface area contributed by atoms with Crippen LogP contribution >= 0.6 is 11.3 Å². The summed E-state index contributed by atoms with van der Waals surface area (Å²) in [5.41, 5.74) is 1.14. The first-order valence-electron chi connectivity index (χ1n) is 9.53. The Labute approximate surface area is 168 Å². The van der Waals surface area contributed by atoms with Crippen LogP contribution in [0.4, 0.5) is 4.39 Å². The maximum Gasteiger partial charge on any atom is 0.245 e. The maximum absolute atomic E-state index is 14.0. The van der Waals surface area contributed by atoms with E-state index in [1.807, 2.05) is 16.3 Å². The molecule has 1 aromatic carbocycles. The zero-order valence-electron chi connectivity index (χ0n) is 15.5. The topological polar surface area (TPSA) is 57.7 Å². The summed E-state index contributed by atoms with van der Waals surface area (Å²) < 4.78 is 40.7. The second-order valence-corrected chi connectivity index (χ2v) is 10.1. The van der Waals surface area contributed by atoms with E-state index in [0.717, 1.165) is 24.5 Å². The van der Waals surface area contributed by atoms with Crippen molar-refractivity contribution in [2.24, 2.45) is 5.92 Å². The third-order valence-electron chi connectivity index (χ3n) is 5.46. The molecule has 1 aromatic heterocycles. The standard InChI is InChI=1S/C20H23FN2O3S2/c21-18-3-1-2-4-19(18)28(25,26)22-10-7-16(8-11-22)20(24)23(17-5-6-17)13-15-9-12-27-14-15/h1-4,9,12,14,16-17H,5-8,10-11,13H2. The van der Waals surface area contributed by atoms with Gasteiger partial charge >= 0.3 is 0 Å². The van der Waals surface area contributed by atoms with E-state index in [1.54, 1.807) is 11.3 Å². The number of nitrogens with zero attached hydrogens (tertiary/aromatic N) is 2. The van der Waals surface area contributed by atoms with E-state index >= 15 is 0 Å². The normalized spacial score (nSPS) is 18.9. The number of carbonyl (C=O) groups excluding carboxylic acids is 1. The molecule has 0 unspecified atom stereocenters. The van der Waals surface area contributed by atoms with Crippen molar-refractivity contribution in [3.8, 4) is 0 Å². The molecular formula is C20H23FN2O3S2. The van der Waals surface area contributed by atoms with Gasteiger partial charge in [-0.2, -0.15) is 15.6 Å². The highest BCUT2D eigenvalue weighted by atomic mass is 32.2. The van der Waals surface area contributed by atoms with Crippen molar-refractivity contribution < 1.29 is 17.6 Å². The first-order chi connectivity index (χ1) is 13.5. The average molecular weight is 423 g/mol. The molecule has 2 heterocycles. The van der Waals surface area contributed by atoms with Crippen LogP contribution in [0.25, 0.3) is 0 Å². The molecule has 1 aliphatic heterocycles. The molecule has 150 valence electrons. The highest BCUT2D eigenvalue weighted by Crippen LogP contribution is 2.33. The van der Waals surface area contributed by atoms with Crippen molar-refractivity contribution >= 4 is 27.3 Å². The van der Waals surface area contributed by atoms with Gasteiger partial charge in [-0.25, -0.2) is 12.8 Å². The number of halogens is 1. The quantitative estimate of drug-likeness (QED) is 0.716. The van der Waals surface area contributed by atoms with Gasteiger partial charge in [-0.1, -0.05) is 12.1 Å². The highest BCUT2D eigenvalue weighted by Gasteiger charge is 2.39. The van der Waals surface area contributed by atoms with E-state index in [0.29, 0.717) is 25.4 Å². The van der Waals surface area contributed by atoms with Gasteiger partial charge in [-0.15, -0.1) is 0 Å². The molecule has 4 rings (SSSR count). The van der Waals surface area contributed by atoms with Crippen molar-refractivity contribution in [3.63, 3.8) is 0 Å². The summed E-state index contributed by atoms with van der Waals surface area (Å²) in [5.74, 6) is -0.792. The second-order valence-electron chi connectivity index (χ2n) is 7.44. The fourth-order valence-electron chi connectivity index (χ4n) is 3.72. The highest BCUT2D eigenvalue weighted by molar-refractivity contribution is 7.89. The van der Waals surface area contributed by atoms with Gasteiger partial charge in [0.1, 0.15) is 10.7 Å². The number of piperidine rings is 1. The number of hydrogen-bond acceptors (Lipinski definition) is 4. The van der Waals surface area contributed by atoms with Gasteiger partial charge in [0.05, 0.1) is 0 Å². The maximum atomic E-state index is 14.0. The number of hydrogen-bond donors (Lipinski definition) is 0. The van der Waals surface area contributed by atoms with Crippen LogP contribution in [-0.2, 0) is 21.4 Å². The summed E-state index contributed by atoms with van der Waals surface area (Å²) in [7, 11) is -3.87. The number of benzene rings is 1. The third-order valence-corrected chi connectivity index (χ3v) is 8.13. The summed E-state index contributed by atoms with van der Waals surface area (Å²) in [4.78, 5) is 14.8. The number of carbonyl (C=O) groups is 1. The first-order valence-corrected chi connectivity index (χ1v) is 11.9. The van der Waals surface area contributed by atoms with Gasteiger partial charge in [0.2, 0.25) is 15.9 Å². The molecule has 1 saturated carbocycles. The molecule has 28 heavy (non-hydrogen) atoms. The van der Waals surface area contributed by atoms with Gasteiger partial charge in [-0.05, 0) is 60.2 Å². The Morgan fingerprint density at radius 2 is 1.86 bits per heavy atom. The van der Waals surface area contributed by atoms with Gasteiger partial charge in [-0.3, -0.25) is 4.79 Å². The van der Waals surface area contributed by atoms with Crippen LogP contribution in [0.2, 0.25) is 0 Å². The lowest BCUT2D eigenvalue weighted by atomic mass is 9.96. The summed E-state index contributed by atoms with van der Waals surface area (Å²) in [6.45, 7) is 1.11. The van der Waals surface area contributed by atoms with Crippen LogP contribution < -0.4 is 0 Å². The van der Waals surface area contributed by atoms with Gasteiger partial charge < -0.3 is 4.90 Å². The van der Waals surface area contributed by atoms with Crippen LogP contribution in [0.3, 0.4) is 0 Å². The minimum absolute atomic E-state index is 0.122. The largest absolute Gasteiger partial charge is 0.335 e. The van der Waals surface area contributed by atoms with Gasteiger partial charge in [0, 0.05) is 31.6 Å². The Morgan fingerprint density at radius 1 is 1.14 bits per heavy atom. The molecule has 8 heteroatoms. The lowest BCUT2D eigenvalue weighted by Gasteiger charge is -2.33. The zero-order chi connectivity index (χ0) is 19.7. The average Bonchev–Trinajstić information content (AvgIpc) is 3.41. The number of thiophene rings is 1. The molecule has 0 radical (unpaired) electrons. The lowest BCUT2D eigenvalue weighted by molar-refractivity contribution is -0.138. The minimum atomic E-state index is -3.87. The van der Waals surface area contributed by atoms with E-state index in [1.165, 1.54) is 22.5 Å². The van der Waals surface area contributed by atoms with Crippen LogP contribution in [0.5, 0.6) is 0 Å². The van der Waals surface area contributed by atoms with Crippen LogP contribution in [0, 0.1) is 11.7 Å².